The second kappa shape index (κ2) is 13.3. The summed E-state index contributed by atoms with van der Waals surface area (Å²) < 4.78 is 4.72. The summed E-state index contributed by atoms with van der Waals surface area (Å²) in [6, 6.07) is 72.0. The van der Waals surface area contributed by atoms with Gasteiger partial charge in [-0.05, 0) is 97.9 Å². The third-order valence-corrected chi connectivity index (χ3v) is 12.1. The molecule has 0 aliphatic carbocycles. The van der Waals surface area contributed by atoms with Gasteiger partial charge in [0.05, 0.1) is 0 Å². The van der Waals surface area contributed by atoms with E-state index in [9.17, 15) is 0 Å². The number of fused-ring (bicyclic) bond motifs is 5. The van der Waals surface area contributed by atoms with E-state index < -0.39 is 0 Å². The highest BCUT2D eigenvalue weighted by atomic mass is 32.1. The van der Waals surface area contributed by atoms with Gasteiger partial charge in [0.25, 0.3) is 0 Å². The van der Waals surface area contributed by atoms with E-state index in [2.05, 4.69) is 180 Å². The van der Waals surface area contributed by atoms with Crippen LogP contribution < -0.4 is 0 Å². The lowest BCUT2D eigenvalue weighted by atomic mass is 9.93. The number of rotatable bonds is 6. The van der Waals surface area contributed by atoms with Crippen LogP contribution in [0.5, 0.6) is 0 Å². The van der Waals surface area contributed by atoms with Crippen LogP contribution in [-0.4, -0.2) is 14.8 Å². The molecule has 0 amide bonds. The van der Waals surface area contributed by atoms with E-state index in [4.69, 9.17) is 10.2 Å². The maximum Gasteiger partial charge on any atom is 0.168 e. The largest absolute Gasteiger partial charge is 0.275 e. The van der Waals surface area contributed by atoms with Crippen molar-refractivity contribution in [2.45, 2.75) is 0 Å². The van der Waals surface area contributed by atoms with Crippen LogP contribution in [-0.2, 0) is 0 Å². The molecule has 0 fully saturated rings. The first-order valence-electron chi connectivity index (χ1n) is 18.9. The Morgan fingerprint density at radius 3 is 1.48 bits per heavy atom. The Balaban J connectivity index is 1.08. The average molecular weight is 732 g/mol. The quantitative estimate of drug-likeness (QED) is 0.170. The molecule has 56 heavy (non-hydrogen) atoms. The van der Waals surface area contributed by atoms with Crippen molar-refractivity contribution < 1.29 is 0 Å². The topological polar surface area (TPSA) is 30.7 Å². The summed E-state index contributed by atoms with van der Waals surface area (Å²) in [6.07, 6.45) is 0. The SMILES string of the molecule is c1ccc(-c2nnc(-c3ccc(-c4cc(-c5ccc6ccccc6c5)cc5c4sc4ccc(-c6ccc7ccccc7c6)cc45)cc3)n2-c2ccccc2)cc1. The normalized spacial score (nSPS) is 11.6. The first-order valence-corrected chi connectivity index (χ1v) is 19.7. The lowest BCUT2D eigenvalue weighted by molar-refractivity contribution is 1.07. The Hall–Kier alpha value is -7.14. The van der Waals surface area contributed by atoms with E-state index in [1.54, 1.807) is 0 Å². The van der Waals surface area contributed by atoms with Gasteiger partial charge >= 0.3 is 0 Å². The second-order valence-electron chi connectivity index (χ2n) is 14.3. The van der Waals surface area contributed by atoms with Gasteiger partial charge in [0.2, 0.25) is 0 Å². The standard InChI is InChI=1S/C52H33N3S/c1-3-13-37(14-4-1)51-53-54-52(55(51)45-17-5-2-6-18-45)38-23-21-36(22-24-38)46-32-44(42-26-20-35-12-8-10-16-40(35)30-42)33-48-47-31-43(27-28-49(47)56-50(46)48)41-25-19-34-11-7-9-15-39(34)29-41/h1-33H. The van der Waals surface area contributed by atoms with Crippen molar-refractivity contribution in [3.8, 4) is 61.8 Å². The van der Waals surface area contributed by atoms with Crippen molar-refractivity contribution in [1.29, 1.82) is 0 Å². The van der Waals surface area contributed by atoms with E-state index in [0.29, 0.717) is 0 Å². The molecule has 0 aliphatic rings. The molecule has 11 aromatic rings. The fraction of sp³-hybridized carbons (Fsp3) is 0. The molecule has 0 atom stereocenters. The maximum absolute atomic E-state index is 4.76. The molecule has 0 N–H and O–H groups in total. The van der Waals surface area contributed by atoms with E-state index in [0.717, 1.165) is 34.0 Å². The first-order chi connectivity index (χ1) is 27.7. The van der Waals surface area contributed by atoms with Gasteiger partial charge in [-0.15, -0.1) is 21.5 Å². The van der Waals surface area contributed by atoms with Crippen LogP contribution in [0.15, 0.2) is 200 Å². The molecule has 0 saturated carbocycles. The predicted molar refractivity (Wildman–Crippen MR) is 236 cm³/mol. The Labute approximate surface area is 328 Å². The Morgan fingerprint density at radius 1 is 0.339 bits per heavy atom. The molecule has 0 unspecified atom stereocenters. The fourth-order valence-electron chi connectivity index (χ4n) is 8.04. The lowest BCUT2D eigenvalue weighted by Gasteiger charge is -2.12. The second-order valence-corrected chi connectivity index (χ2v) is 15.4. The van der Waals surface area contributed by atoms with Gasteiger partial charge in [-0.3, -0.25) is 4.57 Å². The van der Waals surface area contributed by atoms with Crippen molar-refractivity contribution in [3.05, 3.63) is 200 Å². The number of benzene rings is 9. The molecule has 3 nitrogen and oxygen atoms in total. The zero-order valence-corrected chi connectivity index (χ0v) is 31.1. The molecule has 0 radical (unpaired) electrons. The number of hydrogen-bond donors (Lipinski definition) is 0. The zero-order valence-electron chi connectivity index (χ0n) is 30.3. The van der Waals surface area contributed by atoms with Gasteiger partial charge < -0.3 is 0 Å². The summed E-state index contributed by atoms with van der Waals surface area (Å²) in [5, 5.41) is 17.0. The summed E-state index contributed by atoms with van der Waals surface area (Å²) in [4.78, 5) is 0. The molecule has 9 aromatic carbocycles. The van der Waals surface area contributed by atoms with Crippen LogP contribution in [0, 0.1) is 0 Å². The summed E-state index contributed by atoms with van der Waals surface area (Å²) >= 11 is 1.87. The average Bonchev–Trinajstić information content (AvgIpc) is 3.89. The van der Waals surface area contributed by atoms with E-state index in [1.807, 2.05) is 35.6 Å². The maximum atomic E-state index is 4.76. The third kappa shape index (κ3) is 5.58. The van der Waals surface area contributed by atoms with Gasteiger partial charge in [-0.1, -0.05) is 152 Å². The fourth-order valence-corrected chi connectivity index (χ4v) is 9.24. The van der Waals surface area contributed by atoms with Crippen molar-refractivity contribution in [1.82, 2.24) is 14.8 Å². The van der Waals surface area contributed by atoms with Crippen LogP contribution in [0.1, 0.15) is 0 Å². The Kier molecular flexibility index (Phi) is 7.68. The summed E-state index contributed by atoms with van der Waals surface area (Å²) in [5.41, 5.74) is 10.3. The molecule has 2 heterocycles. The van der Waals surface area contributed by atoms with Crippen LogP contribution >= 0.6 is 11.3 Å². The number of hydrogen-bond acceptors (Lipinski definition) is 3. The van der Waals surface area contributed by atoms with Crippen molar-refractivity contribution in [2.75, 3.05) is 0 Å². The highest BCUT2D eigenvalue weighted by Gasteiger charge is 2.19. The monoisotopic (exact) mass is 731 g/mol. The van der Waals surface area contributed by atoms with Crippen LogP contribution in [0.4, 0.5) is 0 Å². The van der Waals surface area contributed by atoms with Gasteiger partial charge in [-0.2, -0.15) is 0 Å². The molecule has 0 saturated heterocycles. The number of nitrogens with zero attached hydrogens (tertiary/aromatic N) is 3. The smallest absolute Gasteiger partial charge is 0.168 e. The van der Waals surface area contributed by atoms with Gasteiger partial charge in [0.1, 0.15) is 0 Å². The molecule has 0 aliphatic heterocycles. The summed E-state index contributed by atoms with van der Waals surface area (Å²) in [6.45, 7) is 0. The minimum atomic E-state index is 0.805. The number of thiophene rings is 1. The summed E-state index contributed by atoms with van der Waals surface area (Å²) in [5.74, 6) is 1.62. The number of para-hydroxylation sites is 1. The zero-order chi connectivity index (χ0) is 37.0. The van der Waals surface area contributed by atoms with Crippen LogP contribution in [0.3, 0.4) is 0 Å². The van der Waals surface area contributed by atoms with Gasteiger partial charge in [0, 0.05) is 42.6 Å². The van der Waals surface area contributed by atoms with Gasteiger partial charge in [-0.25, -0.2) is 0 Å². The minimum Gasteiger partial charge on any atom is -0.275 e. The minimum absolute atomic E-state index is 0.805. The highest BCUT2D eigenvalue weighted by molar-refractivity contribution is 7.26. The molecule has 4 heteroatoms. The Morgan fingerprint density at radius 2 is 0.821 bits per heavy atom. The van der Waals surface area contributed by atoms with Crippen molar-refractivity contribution in [3.63, 3.8) is 0 Å². The van der Waals surface area contributed by atoms with E-state index in [-0.39, 0.29) is 0 Å². The molecular formula is C52H33N3S. The predicted octanol–water partition coefficient (Wildman–Crippen LogP) is 14.3. The molecule has 262 valence electrons. The highest BCUT2D eigenvalue weighted by Crippen LogP contribution is 2.45. The molecular weight excluding hydrogens is 699 g/mol. The molecule has 2 aromatic heterocycles. The molecule has 0 spiro atoms. The lowest BCUT2D eigenvalue weighted by Crippen LogP contribution is -2.00. The summed E-state index contributed by atoms with van der Waals surface area (Å²) in [7, 11) is 0. The van der Waals surface area contributed by atoms with E-state index >= 15 is 0 Å². The first kappa shape index (κ1) is 32.3. The van der Waals surface area contributed by atoms with Crippen molar-refractivity contribution >= 4 is 53.1 Å². The molecule has 0 bridgehead atoms. The van der Waals surface area contributed by atoms with Crippen LogP contribution in [0.2, 0.25) is 0 Å². The Bertz CT molecular complexity index is 3230. The van der Waals surface area contributed by atoms with Gasteiger partial charge in [0.15, 0.2) is 11.6 Å². The van der Waals surface area contributed by atoms with E-state index in [1.165, 1.54) is 69.5 Å². The molecule has 11 rings (SSSR count). The van der Waals surface area contributed by atoms with Crippen molar-refractivity contribution in [2.24, 2.45) is 0 Å². The third-order valence-electron chi connectivity index (χ3n) is 10.9. The number of aromatic nitrogens is 3. The van der Waals surface area contributed by atoms with Crippen LogP contribution in [0.25, 0.3) is 104 Å².